The minimum absolute atomic E-state index is 0.176. The van der Waals surface area contributed by atoms with Gasteiger partial charge in [0.1, 0.15) is 6.10 Å². The van der Waals surface area contributed by atoms with Crippen LogP contribution in [-0.2, 0) is 14.4 Å². The number of aliphatic hydroxyl groups excluding tert-OH is 1. The number of carboxylic acid groups (broad SMARTS) is 3. The van der Waals surface area contributed by atoms with E-state index in [9.17, 15) is 14.4 Å². The van der Waals surface area contributed by atoms with Crippen LogP contribution < -0.4 is 0 Å². The minimum Gasteiger partial charge on any atom is -0.478 e. The van der Waals surface area contributed by atoms with E-state index in [1.165, 1.54) is 27.7 Å². The van der Waals surface area contributed by atoms with Crippen molar-refractivity contribution in [3.05, 3.63) is 36.5 Å². The molecule has 0 heterocycles. The zero-order valence-corrected chi connectivity index (χ0v) is 16.5. The molecule has 0 aliphatic rings. The SMILES string of the molecule is C=C(C)C(=O)O.C=C(C)C(=O)O.C=C(C)C(=O)O.CCCC(O)C(C)(O)O. The van der Waals surface area contributed by atoms with E-state index in [4.69, 9.17) is 30.6 Å². The molecule has 0 amide bonds. The maximum absolute atomic E-state index is 9.60. The molecule has 0 fully saturated rings. The predicted molar refractivity (Wildman–Crippen MR) is 101 cm³/mol. The Morgan fingerprint density at radius 2 is 1.00 bits per heavy atom. The Morgan fingerprint density at radius 1 is 0.815 bits per heavy atom. The molecule has 0 aliphatic heterocycles. The van der Waals surface area contributed by atoms with E-state index in [-0.39, 0.29) is 16.7 Å². The van der Waals surface area contributed by atoms with Crippen molar-refractivity contribution in [1.82, 2.24) is 0 Å². The summed E-state index contributed by atoms with van der Waals surface area (Å²) in [5.41, 5.74) is 0.528. The van der Waals surface area contributed by atoms with E-state index >= 15 is 0 Å². The number of aliphatic carboxylic acids is 3. The van der Waals surface area contributed by atoms with Gasteiger partial charge in [-0.05, 0) is 34.1 Å². The van der Waals surface area contributed by atoms with Crippen molar-refractivity contribution in [3.63, 3.8) is 0 Å². The van der Waals surface area contributed by atoms with Gasteiger partial charge in [0.05, 0.1) is 0 Å². The van der Waals surface area contributed by atoms with Crippen LogP contribution in [0.4, 0.5) is 0 Å². The third kappa shape index (κ3) is 31.7. The summed E-state index contributed by atoms with van der Waals surface area (Å²) in [6, 6.07) is 0. The van der Waals surface area contributed by atoms with Crippen molar-refractivity contribution in [2.45, 2.75) is 59.4 Å². The van der Waals surface area contributed by atoms with Gasteiger partial charge in [0.2, 0.25) is 0 Å². The second-order valence-electron chi connectivity index (χ2n) is 5.66. The monoisotopic (exact) mass is 392 g/mol. The molecule has 0 aromatic rings. The first kappa shape index (κ1) is 32.2. The van der Waals surface area contributed by atoms with Gasteiger partial charge >= 0.3 is 17.9 Å². The molecule has 0 radical (unpaired) electrons. The number of carbonyl (C=O) groups is 3. The third-order valence-electron chi connectivity index (χ3n) is 2.29. The average molecular weight is 392 g/mol. The standard InChI is InChI=1S/C6H14O3.3C4H6O2/c1-3-4-5(7)6(2,8)9;3*1-3(2)4(5)6/h5,7-9H,3-4H2,1-2H3;3*1H2,2H3,(H,5,6). The lowest BCUT2D eigenvalue weighted by Gasteiger charge is -2.21. The minimum atomic E-state index is -1.93. The Balaban J connectivity index is -0.000000133. The topological polar surface area (TPSA) is 173 Å². The first-order valence-corrected chi connectivity index (χ1v) is 7.70. The maximum Gasteiger partial charge on any atom is 0.330 e. The number of aliphatic hydroxyl groups is 3. The molecule has 0 aromatic carbocycles. The Kier molecular flexibility index (Phi) is 20.2. The van der Waals surface area contributed by atoms with Gasteiger partial charge < -0.3 is 30.6 Å². The Bertz CT molecular complexity index is 420. The molecule has 0 aliphatic carbocycles. The fourth-order valence-electron chi connectivity index (χ4n) is 0.547. The molecular formula is C18H32O9. The first-order valence-electron chi connectivity index (χ1n) is 7.70. The van der Waals surface area contributed by atoms with E-state index < -0.39 is 29.8 Å². The molecule has 0 spiro atoms. The lowest BCUT2D eigenvalue weighted by Crippen LogP contribution is -2.38. The van der Waals surface area contributed by atoms with E-state index in [0.29, 0.717) is 6.42 Å². The van der Waals surface area contributed by atoms with Crippen molar-refractivity contribution < 1.29 is 45.0 Å². The average Bonchev–Trinajstić information content (AvgIpc) is 2.48. The molecule has 9 heteroatoms. The highest BCUT2D eigenvalue weighted by Gasteiger charge is 2.25. The van der Waals surface area contributed by atoms with E-state index in [1.807, 2.05) is 6.92 Å². The molecule has 0 aromatic heterocycles. The number of hydrogen-bond acceptors (Lipinski definition) is 6. The van der Waals surface area contributed by atoms with E-state index in [0.717, 1.165) is 6.42 Å². The van der Waals surface area contributed by atoms with Crippen molar-refractivity contribution in [1.29, 1.82) is 0 Å². The lowest BCUT2D eigenvalue weighted by molar-refractivity contribution is -0.212. The van der Waals surface area contributed by atoms with Crippen molar-refractivity contribution in [3.8, 4) is 0 Å². The van der Waals surface area contributed by atoms with Gasteiger partial charge in [-0.2, -0.15) is 0 Å². The van der Waals surface area contributed by atoms with Crippen LogP contribution in [0.15, 0.2) is 36.5 Å². The quantitative estimate of drug-likeness (QED) is 0.291. The predicted octanol–water partition coefficient (Wildman–Crippen LogP) is 1.79. The second-order valence-corrected chi connectivity index (χ2v) is 5.66. The number of carboxylic acids is 3. The summed E-state index contributed by atoms with van der Waals surface area (Å²) in [6.07, 6.45) is 0.143. The third-order valence-corrected chi connectivity index (χ3v) is 2.29. The molecule has 1 unspecified atom stereocenters. The van der Waals surface area contributed by atoms with Crippen LogP contribution in [0.3, 0.4) is 0 Å². The van der Waals surface area contributed by atoms with Crippen molar-refractivity contribution in [2.24, 2.45) is 0 Å². The molecule has 27 heavy (non-hydrogen) atoms. The van der Waals surface area contributed by atoms with Crippen LogP contribution in [0.5, 0.6) is 0 Å². The van der Waals surface area contributed by atoms with Gasteiger partial charge in [-0.25, -0.2) is 14.4 Å². The summed E-state index contributed by atoms with van der Waals surface area (Å²) < 4.78 is 0. The number of rotatable bonds is 6. The second kappa shape index (κ2) is 17.0. The molecule has 0 saturated carbocycles. The van der Waals surface area contributed by atoms with Gasteiger partial charge in [-0.15, -0.1) is 0 Å². The van der Waals surface area contributed by atoms with Gasteiger partial charge in [0.15, 0.2) is 5.79 Å². The largest absolute Gasteiger partial charge is 0.478 e. The highest BCUT2D eigenvalue weighted by atomic mass is 16.5. The van der Waals surface area contributed by atoms with Crippen LogP contribution in [0, 0.1) is 0 Å². The number of hydrogen-bond donors (Lipinski definition) is 6. The Labute approximate surface area is 159 Å². The van der Waals surface area contributed by atoms with Crippen molar-refractivity contribution >= 4 is 17.9 Å². The fourth-order valence-corrected chi connectivity index (χ4v) is 0.547. The molecule has 9 nitrogen and oxygen atoms in total. The lowest BCUT2D eigenvalue weighted by atomic mass is 10.1. The zero-order valence-electron chi connectivity index (χ0n) is 16.5. The van der Waals surface area contributed by atoms with Crippen LogP contribution in [0.1, 0.15) is 47.5 Å². The Hall–Kier alpha value is -2.49. The smallest absolute Gasteiger partial charge is 0.330 e. The molecule has 1 atom stereocenters. The van der Waals surface area contributed by atoms with Crippen LogP contribution in [-0.4, -0.2) is 60.4 Å². The summed E-state index contributed by atoms with van der Waals surface area (Å²) in [5.74, 6) is -4.74. The van der Waals surface area contributed by atoms with Gasteiger partial charge in [-0.3, -0.25) is 0 Å². The zero-order chi connectivity index (χ0) is 23.0. The molecule has 0 saturated heterocycles. The molecular weight excluding hydrogens is 360 g/mol. The van der Waals surface area contributed by atoms with Gasteiger partial charge in [-0.1, -0.05) is 33.1 Å². The van der Waals surface area contributed by atoms with Crippen LogP contribution in [0.2, 0.25) is 0 Å². The summed E-state index contributed by atoms with van der Waals surface area (Å²) >= 11 is 0. The van der Waals surface area contributed by atoms with E-state index in [2.05, 4.69) is 19.7 Å². The van der Waals surface area contributed by atoms with Gasteiger partial charge in [0.25, 0.3) is 0 Å². The molecule has 0 rings (SSSR count). The maximum atomic E-state index is 9.60. The van der Waals surface area contributed by atoms with E-state index in [1.54, 1.807) is 0 Å². The highest BCUT2D eigenvalue weighted by molar-refractivity contribution is 5.85. The Morgan fingerprint density at radius 3 is 1.04 bits per heavy atom. The highest BCUT2D eigenvalue weighted by Crippen LogP contribution is 2.09. The summed E-state index contributed by atoms with van der Waals surface area (Å²) in [6.45, 7) is 16.8. The molecule has 158 valence electrons. The van der Waals surface area contributed by atoms with Crippen LogP contribution >= 0.6 is 0 Å². The summed E-state index contributed by atoms with van der Waals surface area (Å²) in [7, 11) is 0. The summed E-state index contributed by atoms with van der Waals surface area (Å²) in [4.78, 5) is 28.8. The van der Waals surface area contributed by atoms with Gasteiger partial charge in [0, 0.05) is 16.7 Å². The fraction of sp³-hybridized carbons (Fsp3) is 0.500. The molecule has 6 N–H and O–H groups in total. The molecule has 0 bridgehead atoms. The van der Waals surface area contributed by atoms with Crippen molar-refractivity contribution in [2.75, 3.05) is 0 Å². The summed E-state index contributed by atoms with van der Waals surface area (Å²) in [5, 5.41) is 50.0. The normalized spacial score (nSPS) is 10.2. The van der Waals surface area contributed by atoms with Crippen LogP contribution in [0.25, 0.3) is 0 Å². The first-order chi connectivity index (χ1) is 11.9.